The Morgan fingerprint density at radius 3 is 2.22 bits per heavy atom. The Kier molecular flexibility index (Phi) is 6.86. The fraction of sp³-hybridized carbons (Fsp3) is 0.333. The smallest absolute Gasteiger partial charge is 0.330 e. The van der Waals surface area contributed by atoms with Crippen LogP contribution in [-0.2, 0) is 14.3 Å². The molecule has 3 aromatic rings. The highest BCUT2D eigenvalue weighted by Gasteiger charge is 2.52. The molecular weight excluding hydrogens is 402 g/mol. The molecule has 0 radical (unpaired) electrons. The second kappa shape index (κ2) is 9.42. The van der Waals surface area contributed by atoms with Crippen molar-refractivity contribution in [2.75, 3.05) is 20.8 Å². The molecule has 0 fully saturated rings. The van der Waals surface area contributed by atoms with Gasteiger partial charge in [-0.1, -0.05) is 60.7 Å². The lowest BCUT2D eigenvalue weighted by Gasteiger charge is -2.36. The largest absolute Gasteiger partial charge is 0.496 e. The predicted molar refractivity (Wildman–Crippen MR) is 125 cm³/mol. The lowest BCUT2D eigenvalue weighted by atomic mass is 9.68. The second-order valence-corrected chi connectivity index (χ2v) is 8.76. The summed E-state index contributed by atoms with van der Waals surface area (Å²) in [4.78, 5) is 13.7. The first-order valence-corrected chi connectivity index (χ1v) is 10.5. The van der Waals surface area contributed by atoms with E-state index in [9.17, 15) is 10.1 Å². The first-order valence-electron chi connectivity index (χ1n) is 10.5. The van der Waals surface area contributed by atoms with Crippen molar-refractivity contribution < 1.29 is 19.0 Å². The number of rotatable bonds is 7. The van der Waals surface area contributed by atoms with Gasteiger partial charge in [-0.25, -0.2) is 0 Å². The lowest BCUT2D eigenvalue weighted by molar-refractivity contribution is -0.167. The van der Waals surface area contributed by atoms with E-state index in [1.807, 2.05) is 66.7 Å². The minimum atomic E-state index is -1.64. The highest BCUT2D eigenvalue weighted by atomic mass is 16.6. The molecule has 0 saturated heterocycles. The van der Waals surface area contributed by atoms with Crippen LogP contribution in [0.25, 0.3) is 10.8 Å². The van der Waals surface area contributed by atoms with Crippen LogP contribution in [0.15, 0.2) is 66.7 Å². The average Bonchev–Trinajstić information content (AvgIpc) is 2.77. The van der Waals surface area contributed by atoms with Gasteiger partial charge in [-0.15, -0.1) is 0 Å². The van der Waals surface area contributed by atoms with Crippen LogP contribution in [0.3, 0.4) is 0 Å². The van der Waals surface area contributed by atoms with E-state index in [0.717, 1.165) is 21.9 Å². The minimum absolute atomic E-state index is 0.135. The summed E-state index contributed by atoms with van der Waals surface area (Å²) in [6.07, 6.45) is 0. The highest BCUT2D eigenvalue weighted by Crippen LogP contribution is 2.47. The van der Waals surface area contributed by atoms with E-state index in [1.54, 1.807) is 27.9 Å². The van der Waals surface area contributed by atoms with E-state index < -0.39 is 22.9 Å². The number of ether oxygens (including phenoxy) is 3. The molecule has 2 atom stereocenters. The van der Waals surface area contributed by atoms with Crippen LogP contribution in [0.1, 0.15) is 37.8 Å². The lowest BCUT2D eigenvalue weighted by Crippen LogP contribution is -2.45. The van der Waals surface area contributed by atoms with E-state index >= 15 is 0 Å². The Labute approximate surface area is 189 Å². The Bertz CT molecular complexity index is 1140. The van der Waals surface area contributed by atoms with Crippen molar-refractivity contribution in [2.45, 2.75) is 32.3 Å². The number of fused-ring (bicyclic) bond motifs is 1. The van der Waals surface area contributed by atoms with Gasteiger partial charge in [0.2, 0.25) is 0 Å². The SMILES string of the molecule is COC[C@](C#N)(C(=O)OC(C)(C)C)[C@H](c1ccccc1OC)c1cccc2ccccc12. The third-order valence-corrected chi connectivity index (χ3v) is 5.41. The molecule has 0 aliphatic heterocycles. The normalized spacial score (nSPS) is 14.2. The molecule has 0 spiro atoms. The van der Waals surface area contributed by atoms with E-state index in [2.05, 4.69) is 6.07 Å². The highest BCUT2D eigenvalue weighted by molar-refractivity contribution is 5.90. The van der Waals surface area contributed by atoms with E-state index in [0.29, 0.717) is 5.75 Å². The number of carbonyl (C=O) groups is 1. The number of methoxy groups -OCH3 is 2. The number of benzene rings is 3. The number of nitriles is 1. The van der Waals surface area contributed by atoms with Crippen molar-refractivity contribution >= 4 is 16.7 Å². The van der Waals surface area contributed by atoms with Crippen molar-refractivity contribution in [3.05, 3.63) is 77.9 Å². The summed E-state index contributed by atoms with van der Waals surface area (Å²) in [5.41, 5.74) is -0.856. The predicted octanol–water partition coefficient (Wildman–Crippen LogP) is 5.48. The van der Waals surface area contributed by atoms with Gasteiger partial charge in [0, 0.05) is 18.6 Å². The third-order valence-electron chi connectivity index (χ3n) is 5.41. The Hall–Kier alpha value is -3.36. The zero-order valence-electron chi connectivity index (χ0n) is 19.2. The fourth-order valence-electron chi connectivity index (χ4n) is 4.10. The van der Waals surface area contributed by atoms with Gasteiger partial charge in [-0.05, 0) is 43.2 Å². The van der Waals surface area contributed by atoms with Crippen LogP contribution in [0.2, 0.25) is 0 Å². The summed E-state index contributed by atoms with van der Waals surface area (Å²) in [5, 5.41) is 12.5. The number of hydrogen-bond acceptors (Lipinski definition) is 5. The van der Waals surface area contributed by atoms with Gasteiger partial charge in [0.1, 0.15) is 11.4 Å². The molecule has 3 rings (SSSR count). The quantitative estimate of drug-likeness (QED) is 0.464. The van der Waals surface area contributed by atoms with Gasteiger partial charge < -0.3 is 14.2 Å². The van der Waals surface area contributed by atoms with Gasteiger partial charge in [0.25, 0.3) is 0 Å². The zero-order chi connectivity index (χ0) is 23.4. The molecule has 0 aliphatic rings. The summed E-state index contributed by atoms with van der Waals surface area (Å²) in [6, 6.07) is 23.6. The number of carbonyl (C=O) groups excluding carboxylic acids is 1. The molecule has 0 aliphatic carbocycles. The van der Waals surface area contributed by atoms with Crippen molar-refractivity contribution in [1.82, 2.24) is 0 Å². The Morgan fingerprint density at radius 2 is 1.56 bits per heavy atom. The maximum absolute atomic E-state index is 13.7. The van der Waals surface area contributed by atoms with Crippen LogP contribution in [0.4, 0.5) is 0 Å². The summed E-state index contributed by atoms with van der Waals surface area (Å²) in [7, 11) is 3.07. The molecule has 166 valence electrons. The van der Waals surface area contributed by atoms with Crippen molar-refractivity contribution in [2.24, 2.45) is 5.41 Å². The summed E-state index contributed by atoms with van der Waals surface area (Å²) in [5.74, 6) is -0.729. The molecule has 0 amide bonds. The average molecular weight is 432 g/mol. The van der Waals surface area contributed by atoms with E-state index in [4.69, 9.17) is 14.2 Å². The van der Waals surface area contributed by atoms with Crippen LogP contribution in [0, 0.1) is 16.7 Å². The molecule has 0 N–H and O–H groups in total. The van der Waals surface area contributed by atoms with Gasteiger partial charge in [0.05, 0.1) is 19.8 Å². The Morgan fingerprint density at radius 1 is 0.938 bits per heavy atom. The fourth-order valence-corrected chi connectivity index (χ4v) is 4.10. The molecule has 0 bridgehead atoms. The first-order chi connectivity index (χ1) is 15.3. The van der Waals surface area contributed by atoms with Crippen molar-refractivity contribution in [3.63, 3.8) is 0 Å². The zero-order valence-corrected chi connectivity index (χ0v) is 19.2. The molecule has 0 saturated carbocycles. The molecule has 0 heterocycles. The molecule has 5 nitrogen and oxygen atoms in total. The van der Waals surface area contributed by atoms with Crippen LogP contribution >= 0.6 is 0 Å². The van der Waals surface area contributed by atoms with Crippen LogP contribution in [-0.4, -0.2) is 32.4 Å². The molecule has 5 heteroatoms. The third kappa shape index (κ3) is 4.46. The number of para-hydroxylation sites is 1. The van der Waals surface area contributed by atoms with Gasteiger partial charge >= 0.3 is 5.97 Å². The van der Waals surface area contributed by atoms with Crippen molar-refractivity contribution in [1.29, 1.82) is 5.26 Å². The van der Waals surface area contributed by atoms with Crippen LogP contribution < -0.4 is 4.74 Å². The standard InChI is InChI=1S/C27H29NO4/c1-26(2,3)32-25(29)27(17-28,18-30-4)24(22-14-8-9-16-23(22)31-5)21-15-10-12-19-11-6-7-13-20(19)21/h6-16,24H,18H2,1-5H3/t24-,27-/m0/s1. The first kappa shape index (κ1) is 23.3. The second-order valence-electron chi connectivity index (χ2n) is 8.76. The molecule has 3 aromatic carbocycles. The molecule has 32 heavy (non-hydrogen) atoms. The van der Waals surface area contributed by atoms with Crippen molar-refractivity contribution in [3.8, 4) is 11.8 Å². The number of nitrogens with zero attached hydrogens (tertiary/aromatic N) is 1. The summed E-state index contributed by atoms with van der Waals surface area (Å²) < 4.78 is 16.9. The van der Waals surface area contributed by atoms with E-state index in [1.165, 1.54) is 7.11 Å². The summed E-state index contributed by atoms with van der Waals surface area (Å²) in [6.45, 7) is 5.23. The van der Waals surface area contributed by atoms with Gasteiger partial charge in [-0.2, -0.15) is 5.26 Å². The molecule has 0 unspecified atom stereocenters. The van der Waals surface area contributed by atoms with Gasteiger partial charge in [0.15, 0.2) is 5.41 Å². The Balaban J connectivity index is 2.39. The maximum atomic E-state index is 13.7. The topological polar surface area (TPSA) is 68.5 Å². The molecular formula is C27H29NO4. The van der Waals surface area contributed by atoms with Gasteiger partial charge in [-0.3, -0.25) is 4.79 Å². The minimum Gasteiger partial charge on any atom is -0.496 e. The van der Waals surface area contributed by atoms with Crippen LogP contribution in [0.5, 0.6) is 5.75 Å². The number of esters is 1. The van der Waals surface area contributed by atoms with E-state index in [-0.39, 0.29) is 6.61 Å². The monoisotopic (exact) mass is 431 g/mol. The summed E-state index contributed by atoms with van der Waals surface area (Å²) >= 11 is 0. The maximum Gasteiger partial charge on any atom is 0.330 e. The molecule has 0 aromatic heterocycles. The number of hydrogen-bond donors (Lipinski definition) is 0.